The van der Waals surface area contributed by atoms with Crippen molar-refractivity contribution in [1.29, 1.82) is 0 Å². The minimum atomic E-state index is -0.942. The number of nitrogens with zero attached hydrogens (tertiary/aromatic N) is 1. The molecule has 1 aliphatic rings. The number of anilines is 2. The predicted molar refractivity (Wildman–Crippen MR) is 65.4 cm³/mol. The Hall–Kier alpha value is -1.75. The van der Waals surface area contributed by atoms with Crippen molar-refractivity contribution in [2.24, 2.45) is 0 Å². The maximum absolute atomic E-state index is 10.9. The highest BCUT2D eigenvalue weighted by atomic mass is 16.5. The van der Waals surface area contributed by atoms with Crippen molar-refractivity contribution in [3.63, 3.8) is 0 Å². The van der Waals surface area contributed by atoms with Gasteiger partial charge in [-0.05, 0) is 24.6 Å². The molecule has 5 nitrogen and oxygen atoms in total. The van der Waals surface area contributed by atoms with Gasteiger partial charge in [0.25, 0.3) is 0 Å². The number of hydrogen-bond donors (Lipinski definition) is 2. The molecule has 0 radical (unpaired) electrons. The van der Waals surface area contributed by atoms with Crippen molar-refractivity contribution < 1.29 is 14.6 Å². The monoisotopic (exact) mass is 236 g/mol. The van der Waals surface area contributed by atoms with Gasteiger partial charge in [0, 0.05) is 13.7 Å². The molecule has 92 valence electrons. The Kier molecular flexibility index (Phi) is 3.19. The molecule has 0 aromatic heterocycles. The fourth-order valence-electron chi connectivity index (χ4n) is 2.01. The average Bonchev–Trinajstić information content (AvgIpc) is 2.81. The molecule has 1 aromatic rings. The zero-order valence-electron chi connectivity index (χ0n) is 9.72. The van der Waals surface area contributed by atoms with Gasteiger partial charge in [0.2, 0.25) is 0 Å². The number of hydrogen-bond acceptors (Lipinski definition) is 4. The number of nitrogen functional groups attached to an aromatic ring is 1. The fourth-order valence-corrected chi connectivity index (χ4v) is 2.01. The van der Waals surface area contributed by atoms with Gasteiger partial charge < -0.3 is 20.5 Å². The van der Waals surface area contributed by atoms with E-state index in [4.69, 9.17) is 15.6 Å². The van der Waals surface area contributed by atoms with Crippen LogP contribution in [0.4, 0.5) is 11.4 Å². The third kappa shape index (κ3) is 2.34. The summed E-state index contributed by atoms with van der Waals surface area (Å²) in [6, 6.07) is 5.02. The third-order valence-corrected chi connectivity index (χ3v) is 3.11. The molecule has 0 saturated carbocycles. The Balaban J connectivity index is 2.29. The number of carboxylic acids is 1. The van der Waals surface area contributed by atoms with Crippen molar-refractivity contribution in [3.05, 3.63) is 23.8 Å². The standard InChI is InChI=1S/C12H16N2O3/c1-14(9-4-5-17-7-9)11-6-8(12(15)16)2-3-10(11)13/h2-3,6,9H,4-5,7,13H2,1H3,(H,15,16). The van der Waals surface area contributed by atoms with E-state index in [-0.39, 0.29) is 11.6 Å². The second kappa shape index (κ2) is 4.63. The molecule has 1 atom stereocenters. The van der Waals surface area contributed by atoms with Gasteiger partial charge in [-0.15, -0.1) is 0 Å². The molecule has 0 aliphatic carbocycles. The molecule has 17 heavy (non-hydrogen) atoms. The molecule has 1 aromatic carbocycles. The Morgan fingerprint density at radius 3 is 2.94 bits per heavy atom. The zero-order valence-corrected chi connectivity index (χ0v) is 9.72. The molecular formula is C12H16N2O3. The minimum absolute atomic E-state index is 0.250. The minimum Gasteiger partial charge on any atom is -0.478 e. The largest absolute Gasteiger partial charge is 0.478 e. The Labute approximate surface area is 99.8 Å². The van der Waals surface area contributed by atoms with E-state index < -0.39 is 5.97 Å². The first-order valence-electron chi connectivity index (χ1n) is 5.53. The van der Waals surface area contributed by atoms with Crippen LogP contribution in [0, 0.1) is 0 Å². The molecule has 0 spiro atoms. The highest BCUT2D eigenvalue weighted by Gasteiger charge is 2.22. The zero-order chi connectivity index (χ0) is 12.4. The highest BCUT2D eigenvalue weighted by Crippen LogP contribution is 2.27. The molecule has 1 fully saturated rings. The summed E-state index contributed by atoms with van der Waals surface area (Å²) in [4.78, 5) is 12.9. The number of nitrogens with two attached hydrogens (primary N) is 1. The first-order valence-corrected chi connectivity index (χ1v) is 5.53. The summed E-state index contributed by atoms with van der Waals surface area (Å²) in [7, 11) is 1.91. The van der Waals surface area contributed by atoms with Crippen LogP contribution in [-0.4, -0.2) is 37.4 Å². The quantitative estimate of drug-likeness (QED) is 0.771. The number of rotatable bonds is 3. The van der Waals surface area contributed by atoms with Crippen LogP contribution in [-0.2, 0) is 4.74 Å². The highest BCUT2D eigenvalue weighted by molar-refractivity contribution is 5.90. The lowest BCUT2D eigenvalue weighted by atomic mass is 10.1. The van der Waals surface area contributed by atoms with Gasteiger partial charge in [-0.25, -0.2) is 4.79 Å². The van der Waals surface area contributed by atoms with Crippen LogP contribution >= 0.6 is 0 Å². The Bertz CT molecular complexity index is 428. The number of benzene rings is 1. The van der Waals surface area contributed by atoms with Crippen LogP contribution in [0.15, 0.2) is 18.2 Å². The molecule has 3 N–H and O–H groups in total. The molecule has 0 amide bonds. The van der Waals surface area contributed by atoms with E-state index in [2.05, 4.69) is 0 Å². The van der Waals surface area contributed by atoms with Gasteiger partial charge in [-0.1, -0.05) is 0 Å². The van der Waals surface area contributed by atoms with Gasteiger partial charge in [0.1, 0.15) is 0 Å². The number of carboxylic acid groups (broad SMARTS) is 1. The van der Waals surface area contributed by atoms with Gasteiger partial charge in [-0.2, -0.15) is 0 Å². The van der Waals surface area contributed by atoms with Crippen molar-refractivity contribution in [2.75, 3.05) is 30.9 Å². The lowest BCUT2D eigenvalue weighted by Crippen LogP contribution is -2.32. The SMILES string of the molecule is CN(c1cc(C(=O)O)ccc1N)C1CCOC1. The molecule has 1 aliphatic heterocycles. The van der Waals surface area contributed by atoms with Crippen LogP contribution in [0.2, 0.25) is 0 Å². The van der Waals surface area contributed by atoms with Crippen molar-refractivity contribution in [3.8, 4) is 0 Å². The van der Waals surface area contributed by atoms with E-state index in [0.717, 1.165) is 18.7 Å². The van der Waals surface area contributed by atoms with Crippen LogP contribution in [0.5, 0.6) is 0 Å². The second-order valence-corrected chi connectivity index (χ2v) is 4.21. The Morgan fingerprint density at radius 2 is 2.35 bits per heavy atom. The Morgan fingerprint density at radius 1 is 1.59 bits per heavy atom. The van der Waals surface area contributed by atoms with Crippen LogP contribution < -0.4 is 10.6 Å². The molecule has 2 rings (SSSR count). The van der Waals surface area contributed by atoms with Crippen LogP contribution in [0.3, 0.4) is 0 Å². The van der Waals surface area contributed by atoms with Gasteiger partial charge in [0.15, 0.2) is 0 Å². The van der Waals surface area contributed by atoms with Crippen molar-refractivity contribution in [1.82, 2.24) is 0 Å². The normalized spacial score (nSPS) is 19.2. The summed E-state index contributed by atoms with van der Waals surface area (Å²) in [5.41, 5.74) is 7.47. The maximum Gasteiger partial charge on any atom is 0.335 e. The van der Waals surface area contributed by atoms with Crippen molar-refractivity contribution in [2.45, 2.75) is 12.5 Å². The summed E-state index contributed by atoms with van der Waals surface area (Å²) in [5, 5.41) is 8.96. The summed E-state index contributed by atoms with van der Waals surface area (Å²) in [6.07, 6.45) is 0.938. The average molecular weight is 236 g/mol. The maximum atomic E-state index is 10.9. The van der Waals surface area contributed by atoms with E-state index in [1.807, 2.05) is 11.9 Å². The molecule has 1 heterocycles. The number of aromatic carboxylic acids is 1. The van der Waals surface area contributed by atoms with Gasteiger partial charge >= 0.3 is 5.97 Å². The summed E-state index contributed by atoms with van der Waals surface area (Å²) >= 11 is 0. The van der Waals surface area contributed by atoms with E-state index in [0.29, 0.717) is 12.3 Å². The predicted octanol–water partition coefficient (Wildman–Crippen LogP) is 1.19. The summed E-state index contributed by atoms with van der Waals surface area (Å²) < 4.78 is 5.32. The molecule has 1 unspecified atom stereocenters. The smallest absolute Gasteiger partial charge is 0.335 e. The lowest BCUT2D eigenvalue weighted by molar-refractivity contribution is 0.0697. The first kappa shape index (κ1) is 11.7. The summed E-state index contributed by atoms with van der Waals surface area (Å²) in [6.45, 7) is 1.40. The topological polar surface area (TPSA) is 75.8 Å². The molecule has 0 bridgehead atoms. The van der Waals surface area contributed by atoms with Gasteiger partial charge in [0.05, 0.1) is 29.6 Å². The molecular weight excluding hydrogens is 220 g/mol. The van der Waals surface area contributed by atoms with E-state index in [1.54, 1.807) is 12.1 Å². The van der Waals surface area contributed by atoms with Crippen molar-refractivity contribution >= 4 is 17.3 Å². The molecule has 1 saturated heterocycles. The van der Waals surface area contributed by atoms with E-state index in [9.17, 15) is 4.79 Å². The summed E-state index contributed by atoms with van der Waals surface area (Å²) in [5.74, 6) is -0.942. The number of ether oxygens (including phenoxy) is 1. The van der Waals surface area contributed by atoms with Gasteiger partial charge in [-0.3, -0.25) is 0 Å². The van der Waals surface area contributed by atoms with E-state index in [1.165, 1.54) is 6.07 Å². The third-order valence-electron chi connectivity index (χ3n) is 3.11. The van der Waals surface area contributed by atoms with E-state index >= 15 is 0 Å². The fraction of sp³-hybridized carbons (Fsp3) is 0.417. The number of likely N-dealkylation sites (N-methyl/N-ethyl adjacent to an activating group) is 1. The lowest BCUT2D eigenvalue weighted by Gasteiger charge is -2.26. The van der Waals surface area contributed by atoms with Crippen LogP contribution in [0.25, 0.3) is 0 Å². The molecule has 5 heteroatoms. The first-order chi connectivity index (χ1) is 8.09. The van der Waals surface area contributed by atoms with Crippen LogP contribution in [0.1, 0.15) is 16.8 Å². The second-order valence-electron chi connectivity index (χ2n) is 4.21. The number of carbonyl (C=O) groups is 1.